The van der Waals surface area contributed by atoms with Gasteiger partial charge in [-0.3, -0.25) is 4.90 Å². The molecule has 1 N–H and O–H groups in total. The molecular weight excluding hydrogens is 344 g/mol. The lowest BCUT2D eigenvalue weighted by Gasteiger charge is -2.45. The van der Waals surface area contributed by atoms with Crippen LogP contribution < -0.4 is 4.90 Å². The minimum Gasteiger partial charge on any atom is -0.388 e. The first-order valence-electron chi connectivity index (χ1n) is 10.8. The lowest BCUT2D eigenvalue weighted by atomic mass is 9.86. The summed E-state index contributed by atoms with van der Waals surface area (Å²) in [5.74, 6) is 1.48. The van der Waals surface area contributed by atoms with E-state index in [0.29, 0.717) is 5.92 Å². The minimum atomic E-state index is -0.492. The molecule has 3 aliphatic rings. The van der Waals surface area contributed by atoms with Gasteiger partial charge in [-0.15, -0.1) is 0 Å². The summed E-state index contributed by atoms with van der Waals surface area (Å²) in [6.45, 7) is 11.2. The molecule has 1 aliphatic carbocycles. The fraction of sp³-hybridized carbons (Fsp3) is 0.520. The molecule has 0 spiro atoms. The number of benzene rings is 2. The predicted molar refractivity (Wildman–Crippen MR) is 115 cm³/mol. The van der Waals surface area contributed by atoms with Gasteiger partial charge in [0.15, 0.2) is 0 Å². The summed E-state index contributed by atoms with van der Waals surface area (Å²) in [5, 5.41) is 9.97. The van der Waals surface area contributed by atoms with Crippen LogP contribution in [0.25, 0.3) is 0 Å². The maximum absolute atomic E-state index is 9.97. The highest BCUT2D eigenvalue weighted by Gasteiger charge is 2.36. The van der Waals surface area contributed by atoms with E-state index in [1.54, 1.807) is 0 Å². The molecule has 5 rings (SSSR count). The van der Waals surface area contributed by atoms with Crippen molar-refractivity contribution >= 4 is 5.69 Å². The largest absolute Gasteiger partial charge is 0.388 e. The lowest BCUT2D eigenvalue weighted by Crippen LogP contribution is -2.59. The van der Waals surface area contributed by atoms with Crippen molar-refractivity contribution in [3.8, 4) is 0 Å². The fourth-order valence-corrected chi connectivity index (χ4v) is 5.04. The third-order valence-corrected chi connectivity index (χ3v) is 6.89. The van der Waals surface area contributed by atoms with Gasteiger partial charge in [0, 0.05) is 44.3 Å². The van der Waals surface area contributed by atoms with Crippen LogP contribution in [0.1, 0.15) is 59.4 Å². The Morgan fingerprint density at radius 3 is 2.07 bits per heavy atom. The Bertz CT molecular complexity index is 845. The molecule has 148 valence electrons. The van der Waals surface area contributed by atoms with Gasteiger partial charge in [-0.1, -0.05) is 24.3 Å². The van der Waals surface area contributed by atoms with Crippen LogP contribution in [0.2, 0.25) is 0 Å². The van der Waals surface area contributed by atoms with Gasteiger partial charge in [0.2, 0.25) is 0 Å². The number of β-amino-alcohol motifs (C(OH)–C–C–N with tert-alkyl or cyclic N) is 1. The fourth-order valence-electron chi connectivity index (χ4n) is 5.04. The number of aliphatic hydroxyl groups is 1. The van der Waals surface area contributed by atoms with Crippen molar-refractivity contribution in [2.24, 2.45) is 0 Å². The van der Waals surface area contributed by atoms with E-state index in [1.807, 2.05) is 6.92 Å². The number of nitrogens with zero attached hydrogens (tertiary/aromatic N) is 2. The Hall–Kier alpha value is -1.84. The molecule has 0 aromatic heterocycles. The number of hydrogen-bond donors (Lipinski definition) is 1. The molecule has 2 aromatic rings. The van der Waals surface area contributed by atoms with E-state index >= 15 is 0 Å². The smallest absolute Gasteiger partial charge is 0.0872 e. The molecule has 0 unspecified atom stereocenters. The molecule has 0 radical (unpaired) electrons. The summed E-state index contributed by atoms with van der Waals surface area (Å²) < 4.78 is 0. The van der Waals surface area contributed by atoms with Crippen LogP contribution in [0, 0.1) is 13.8 Å². The van der Waals surface area contributed by atoms with Gasteiger partial charge in [0.05, 0.1) is 5.60 Å². The summed E-state index contributed by atoms with van der Waals surface area (Å²) in [7, 11) is 0. The molecule has 3 nitrogen and oxygen atoms in total. The van der Waals surface area contributed by atoms with Crippen molar-refractivity contribution < 1.29 is 5.11 Å². The van der Waals surface area contributed by atoms with Gasteiger partial charge in [-0.25, -0.2) is 0 Å². The average molecular weight is 377 g/mol. The van der Waals surface area contributed by atoms with E-state index < -0.39 is 5.60 Å². The monoisotopic (exact) mass is 376 g/mol. The Kier molecular flexibility index (Phi) is 4.29. The first-order valence-corrected chi connectivity index (χ1v) is 10.8. The Labute approximate surface area is 169 Å². The topological polar surface area (TPSA) is 26.7 Å². The molecule has 2 heterocycles. The van der Waals surface area contributed by atoms with Gasteiger partial charge in [-0.2, -0.15) is 0 Å². The predicted octanol–water partition coefficient (Wildman–Crippen LogP) is 4.35. The third kappa shape index (κ3) is 3.46. The number of likely N-dealkylation sites (tertiary alicyclic amines) is 1. The number of anilines is 1. The summed E-state index contributed by atoms with van der Waals surface area (Å²) >= 11 is 0. The number of rotatable bonds is 5. The van der Waals surface area contributed by atoms with Crippen molar-refractivity contribution in [2.75, 3.05) is 31.1 Å². The third-order valence-electron chi connectivity index (χ3n) is 6.89. The standard InChI is InChI=1S/C25H32N2O/c1-17-10-21(11-18(2)24(17)14-26-15-25(3,28)16-26)22-12-27(13-22)23-8-6-20(7-9-23)19-4-5-19/h6-11,19,22,28H,4-5,12-16H2,1-3H3. The van der Waals surface area contributed by atoms with Gasteiger partial charge in [0.25, 0.3) is 0 Å². The van der Waals surface area contributed by atoms with Crippen molar-refractivity contribution in [1.29, 1.82) is 0 Å². The zero-order valence-corrected chi connectivity index (χ0v) is 17.4. The second-order valence-electron chi connectivity index (χ2n) is 9.74. The van der Waals surface area contributed by atoms with Crippen molar-refractivity contribution in [3.63, 3.8) is 0 Å². The van der Waals surface area contributed by atoms with Crippen LogP contribution in [0.4, 0.5) is 5.69 Å². The first-order chi connectivity index (χ1) is 13.4. The molecule has 0 amide bonds. The summed E-state index contributed by atoms with van der Waals surface area (Å²) in [5.41, 5.74) is 8.12. The molecule has 2 aliphatic heterocycles. The van der Waals surface area contributed by atoms with Crippen molar-refractivity contribution in [2.45, 2.75) is 57.6 Å². The van der Waals surface area contributed by atoms with Gasteiger partial charge in [0.1, 0.15) is 0 Å². The molecule has 3 fully saturated rings. The zero-order valence-electron chi connectivity index (χ0n) is 17.4. The Balaban J connectivity index is 1.22. The highest BCUT2D eigenvalue weighted by Crippen LogP contribution is 2.41. The van der Waals surface area contributed by atoms with Gasteiger partial charge >= 0.3 is 0 Å². The van der Waals surface area contributed by atoms with Gasteiger partial charge < -0.3 is 10.0 Å². The Morgan fingerprint density at radius 1 is 0.929 bits per heavy atom. The van der Waals surface area contributed by atoms with Crippen molar-refractivity contribution in [1.82, 2.24) is 4.90 Å². The normalized spacial score (nSPS) is 22.1. The van der Waals surface area contributed by atoms with Crippen molar-refractivity contribution in [3.05, 3.63) is 64.2 Å². The quantitative estimate of drug-likeness (QED) is 0.840. The van der Waals surface area contributed by atoms with E-state index in [9.17, 15) is 5.11 Å². The SMILES string of the molecule is Cc1cc(C2CN(c3ccc(C4CC4)cc3)C2)cc(C)c1CN1CC(C)(O)C1. The van der Waals surface area contributed by atoms with E-state index in [2.05, 4.69) is 60.0 Å². The average Bonchev–Trinajstić information content (AvgIpc) is 3.41. The summed E-state index contributed by atoms with van der Waals surface area (Å²) in [6, 6.07) is 14.1. The van der Waals surface area contributed by atoms with E-state index in [1.165, 1.54) is 46.3 Å². The van der Waals surface area contributed by atoms with Gasteiger partial charge in [-0.05, 0) is 79.5 Å². The minimum absolute atomic E-state index is 0.492. The zero-order chi connectivity index (χ0) is 19.5. The summed E-state index contributed by atoms with van der Waals surface area (Å²) in [4.78, 5) is 4.84. The molecule has 2 aromatic carbocycles. The molecule has 2 saturated heterocycles. The Morgan fingerprint density at radius 2 is 1.54 bits per heavy atom. The van der Waals surface area contributed by atoms with E-state index in [0.717, 1.165) is 38.6 Å². The first kappa shape index (κ1) is 18.2. The number of hydrogen-bond acceptors (Lipinski definition) is 3. The molecule has 1 saturated carbocycles. The highest BCUT2D eigenvalue weighted by atomic mass is 16.3. The van der Waals surface area contributed by atoms with Crippen LogP contribution in [-0.2, 0) is 6.54 Å². The number of aryl methyl sites for hydroxylation is 2. The van der Waals surface area contributed by atoms with Crippen LogP contribution >= 0.6 is 0 Å². The second-order valence-corrected chi connectivity index (χ2v) is 9.74. The summed E-state index contributed by atoms with van der Waals surface area (Å²) in [6.07, 6.45) is 2.74. The van der Waals surface area contributed by atoms with E-state index in [-0.39, 0.29) is 0 Å². The molecule has 0 atom stereocenters. The highest BCUT2D eigenvalue weighted by molar-refractivity contribution is 5.53. The second kappa shape index (κ2) is 6.60. The maximum Gasteiger partial charge on any atom is 0.0872 e. The molecule has 3 heteroatoms. The maximum atomic E-state index is 9.97. The van der Waals surface area contributed by atoms with Crippen LogP contribution in [0.5, 0.6) is 0 Å². The van der Waals surface area contributed by atoms with Crippen LogP contribution in [-0.4, -0.2) is 41.8 Å². The van der Waals surface area contributed by atoms with Crippen LogP contribution in [0.3, 0.4) is 0 Å². The van der Waals surface area contributed by atoms with Crippen LogP contribution in [0.15, 0.2) is 36.4 Å². The molecular formula is C25H32N2O. The molecule has 28 heavy (non-hydrogen) atoms. The van der Waals surface area contributed by atoms with E-state index in [4.69, 9.17) is 0 Å². The lowest BCUT2D eigenvalue weighted by molar-refractivity contribution is -0.0872. The molecule has 0 bridgehead atoms.